The molecule has 2 aromatic carbocycles. The van der Waals surface area contributed by atoms with Crippen molar-refractivity contribution in [2.24, 2.45) is 0 Å². The fraction of sp³-hybridized carbons (Fsp3) is 0.548. The van der Waals surface area contributed by atoms with E-state index in [1.54, 1.807) is 23.6 Å². The Morgan fingerprint density at radius 2 is 1.61 bits per heavy atom. The summed E-state index contributed by atoms with van der Waals surface area (Å²) in [4.78, 5) is 29.2. The van der Waals surface area contributed by atoms with Crippen LogP contribution in [0.2, 0.25) is 0 Å². The number of cyclic esters (lactones) is 1. The minimum absolute atomic E-state index is 0.154. The van der Waals surface area contributed by atoms with Gasteiger partial charge in [0, 0.05) is 32.5 Å². The summed E-state index contributed by atoms with van der Waals surface area (Å²) in [5.41, 5.74) is -0.0199. The molecule has 2 fully saturated rings. The minimum atomic E-state index is -1.34. The van der Waals surface area contributed by atoms with Crippen LogP contribution in [0.1, 0.15) is 89.0 Å². The molecule has 7 nitrogen and oxygen atoms in total. The molecule has 0 spiro atoms. The zero-order valence-corrected chi connectivity index (χ0v) is 23.3. The quantitative estimate of drug-likeness (QED) is 0.527. The second-order valence-electron chi connectivity index (χ2n) is 12.1. The van der Waals surface area contributed by atoms with Crippen LogP contribution in [0.15, 0.2) is 54.6 Å². The minimum Gasteiger partial charge on any atom is -0.438 e. The average molecular weight is 523 g/mol. The molecule has 0 aromatic heterocycles. The highest BCUT2D eigenvalue weighted by Gasteiger charge is 2.46. The average Bonchev–Trinajstić information content (AvgIpc) is 2.87. The lowest BCUT2D eigenvalue weighted by atomic mass is 9.80. The number of piperidine rings is 1. The number of carbonyl (C=O) groups excluding carboxylic acids is 2. The smallest absolute Gasteiger partial charge is 0.411 e. The van der Waals surface area contributed by atoms with Crippen molar-refractivity contribution in [2.75, 3.05) is 19.6 Å². The van der Waals surface area contributed by atoms with Crippen molar-refractivity contribution in [3.8, 4) is 0 Å². The van der Waals surface area contributed by atoms with Gasteiger partial charge in [-0.3, -0.25) is 4.79 Å². The molecule has 2 amide bonds. The largest absolute Gasteiger partial charge is 0.438 e. The van der Waals surface area contributed by atoms with Crippen LogP contribution in [0.3, 0.4) is 0 Å². The Labute approximate surface area is 226 Å². The van der Waals surface area contributed by atoms with Gasteiger partial charge in [-0.25, -0.2) is 4.79 Å². The SMILES string of the molecule is C[C@@H](c1ccc(C2CCN(C(=O)C(C)(C)O)CC2)cc1)N1CC[C@](CC(C)(C)O)(c2ccccc2)OC1=O. The fourth-order valence-electron chi connectivity index (χ4n) is 5.92. The van der Waals surface area contributed by atoms with Crippen LogP contribution in [0.25, 0.3) is 0 Å². The molecule has 0 aliphatic carbocycles. The van der Waals surface area contributed by atoms with Gasteiger partial charge in [0.15, 0.2) is 0 Å². The predicted molar refractivity (Wildman–Crippen MR) is 147 cm³/mol. The van der Waals surface area contributed by atoms with Crippen molar-refractivity contribution in [3.05, 3.63) is 71.3 Å². The van der Waals surface area contributed by atoms with Gasteiger partial charge in [0.1, 0.15) is 11.2 Å². The predicted octanol–water partition coefficient (Wildman–Crippen LogP) is 5.12. The van der Waals surface area contributed by atoms with Crippen LogP contribution in [0, 0.1) is 0 Å². The molecule has 0 saturated carbocycles. The van der Waals surface area contributed by atoms with Crippen LogP contribution >= 0.6 is 0 Å². The molecule has 2 N–H and O–H groups in total. The molecule has 206 valence electrons. The lowest BCUT2D eigenvalue weighted by Gasteiger charge is -2.45. The topological polar surface area (TPSA) is 90.3 Å². The van der Waals surface area contributed by atoms with E-state index in [1.807, 2.05) is 37.3 Å². The number of carbonyl (C=O) groups is 2. The third-order valence-corrected chi connectivity index (χ3v) is 7.96. The van der Waals surface area contributed by atoms with Gasteiger partial charge >= 0.3 is 6.09 Å². The molecule has 2 aliphatic rings. The van der Waals surface area contributed by atoms with E-state index < -0.39 is 16.8 Å². The Kier molecular flexibility index (Phi) is 7.91. The summed E-state index contributed by atoms with van der Waals surface area (Å²) in [5.74, 6) is 0.144. The van der Waals surface area contributed by atoms with E-state index >= 15 is 0 Å². The van der Waals surface area contributed by atoms with Crippen molar-refractivity contribution in [2.45, 2.75) is 89.1 Å². The van der Waals surface area contributed by atoms with Gasteiger partial charge in [-0.1, -0.05) is 54.6 Å². The Balaban J connectivity index is 1.41. The first-order valence-corrected chi connectivity index (χ1v) is 13.7. The summed E-state index contributed by atoms with van der Waals surface area (Å²) in [6.07, 6.45) is 2.27. The molecule has 38 heavy (non-hydrogen) atoms. The summed E-state index contributed by atoms with van der Waals surface area (Å²) in [7, 11) is 0. The molecule has 2 aliphatic heterocycles. The van der Waals surface area contributed by atoms with Crippen molar-refractivity contribution < 1.29 is 24.5 Å². The second kappa shape index (κ2) is 10.7. The molecule has 2 aromatic rings. The summed E-state index contributed by atoms with van der Waals surface area (Å²) < 4.78 is 6.14. The fourth-order valence-corrected chi connectivity index (χ4v) is 5.92. The molecule has 2 heterocycles. The number of likely N-dealkylation sites (tertiary alicyclic amines) is 1. The number of benzene rings is 2. The summed E-state index contributed by atoms with van der Waals surface area (Å²) in [5, 5.41) is 20.6. The molecule has 7 heteroatoms. The Morgan fingerprint density at radius 1 is 1.00 bits per heavy atom. The number of rotatable bonds is 7. The van der Waals surface area contributed by atoms with Crippen LogP contribution in [0.5, 0.6) is 0 Å². The van der Waals surface area contributed by atoms with Gasteiger partial charge < -0.3 is 24.7 Å². The normalized spacial score (nSPS) is 22.2. The maximum absolute atomic E-state index is 13.3. The number of aliphatic hydroxyl groups is 2. The highest BCUT2D eigenvalue weighted by Crippen LogP contribution is 2.42. The molecule has 2 saturated heterocycles. The molecule has 0 radical (unpaired) electrons. The van der Waals surface area contributed by atoms with Crippen molar-refractivity contribution in [1.82, 2.24) is 9.80 Å². The van der Waals surface area contributed by atoms with Crippen molar-refractivity contribution in [1.29, 1.82) is 0 Å². The molecular formula is C31H42N2O5. The second-order valence-corrected chi connectivity index (χ2v) is 12.1. The first-order valence-electron chi connectivity index (χ1n) is 13.7. The van der Waals surface area contributed by atoms with Crippen LogP contribution in [0.4, 0.5) is 4.79 Å². The van der Waals surface area contributed by atoms with Gasteiger partial charge in [0.25, 0.3) is 5.91 Å². The summed E-state index contributed by atoms with van der Waals surface area (Å²) in [6, 6.07) is 18.0. The Morgan fingerprint density at radius 3 is 2.13 bits per heavy atom. The van der Waals surface area contributed by atoms with Crippen LogP contribution < -0.4 is 0 Å². The first kappa shape index (κ1) is 28.1. The van der Waals surface area contributed by atoms with Gasteiger partial charge in [-0.05, 0) is 70.1 Å². The maximum atomic E-state index is 13.3. The lowest BCUT2D eigenvalue weighted by molar-refractivity contribution is -0.148. The number of ether oxygens (including phenoxy) is 1. The number of nitrogens with zero attached hydrogens (tertiary/aromatic N) is 2. The maximum Gasteiger partial charge on any atom is 0.411 e. The third-order valence-electron chi connectivity index (χ3n) is 7.96. The van der Waals surface area contributed by atoms with E-state index in [9.17, 15) is 19.8 Å². The third kappa shape index (κ3) is 6.21. The van der Waals surface area contributed by atoms with Gasteiger partial charge in [-0.15, -0.1) is 0 Å². The van der Waals surface area contributed by atoms with E-state index in [0.29, 0.717) is 38.4 Å². The van der Waals surface area contributed by atoms with E-state index in [1.165, 1.54) is 19.4 Å². The molecule has 0 bridgehead atoms. The van der Waals surface area contributed by atoms with Crippen LogP contribution in [-0.2, 0) is 15.1 Å². The zero-order chi connectivity index (χ0) is 27.7. The Hall–Kier alpha value is -2.90. The summed E-state index contributed by atoms with van der Waals surface area (Å²) in [6.45, 7) is 10.4. The number of amides is 2. The van der Waals surface area contributed by atoms with Gasteiger partial charge in [0.2, 0.25) is 0 Å². The van der Waals surface area contributed by atoms with Gasteiger partial charge in [-0.2, -0.15) is 0 Å². The monoisotopic (exact) mass is 522 g/mol. The number of hydrogen-bond donors (Lipinski definition) is 2. The van der Waals surface area contributed by atoms with E-state index in [4.69, 9.17) is 4.74 Å². The Bertz CT molecular complexity index is 1110. The summed E-state index contributed by atoms with van der Waals surface area (Å²) >= 11 is 0. The van der Waals surface area contributed by atoms with E-state index in [2.05, 4.69) is 24.3 Å². The van der Waals surface area contributed by atoms with Crippen LogP contribution in [-0.4, -0.2) is 62.8 Å². The highest BCUT2D eigenvalue weighted by atomic mass is 16.6. The van der Waals surface area contributed by atoms with Gasteiger partial charge in [0.05, 0.1) is 11.6 Å². The van der Waals surface area contributed by atoms with E-state index in [-0.39, 0.29) is 18.0 Å². The number of hydrogen-bond acceptors (Lipinski definition) is 5. The lowest BCUT2D eigenvalue weighted by Crippen LogP contribution is -2.51. The molecular weight excluding hydrogens is 480 g/mol. The zero-order valence-electron chi connectivity index (χ0n) is 23.3. The van der Waals surface area contributed by atoms with E-state index in [0.717, 1.165) is 24.0 Å². The molecule has 0 unspecified atom stereocenters. The highest BCUT2D eigenvalue weighted by molar-refractivity contribution is 5.84. The molecule has 4 rings (SSSR count). The van der Waals surface area contributed by atoms with Crippen molar-refractivity contribution >= 4 is 12.0 Å². The standard InChI is InChI=1S/C31H42N2O5/c1-22(23-11-13-24(14-12-23)25-15-18-32(19-16-25)27(34)30(4,5)37)33-20-17-31(38-28(33)35,21-29(2,3)36)26-9-7-6-8-10-26/h6-14,22,25,36-37H,15-21H2,1-5H3/t22-,31-/m0/s1. The molecule has 2 atom stereocenters. The first-order chi connectivity index (χ1) is 17.8. The van der Waals surface area contributed by atoms with Crippen molar-refractivity contribution in [3.63, 3.8) is 0 Å².